The van der Waals surface area contributed by atoms with Gasteiger partial charge in [0, 0.05) is 26.2 Å². The number of carbonyl (C=O) groups excluding carboxylic acids is 2. The summed E-state index contributed by atoms with van der Waals surface area (Å²) in [5.41, 5.74) is 0. The zero-order valence-corrected chi connectivity index (χ0v) is 17.7. The van der Waals surface area contributed by atoms with E-state index in [4.69, 9.17) is 21.1 Å². The zero-order valence-electron chi connectivity index (χ0n) is 17.0. The first-order valence-electron chi connectivity index (χ1n) is 10.5. The Bertz CT molecular complexity index is 802. The molecule has 3 aliphatic rings. The molecule has 3 amide bonds. The van der Waals surface area contributed by atoms with E-state index in [9.17, 15) is 14.0 Å². The predicted octanol–water partition coefficient (Wildman–Crippen LogP) is 2.67. The first-order valence-corrected chi connectivity index (χ1v) is 10.8. The number of likely N-dealkylation sites (tertiary alicyclic amines) is 2. The van der Waals surface area contributed by atoms with E-state index in [1.54, 1.807) is 6.07 Å². The van der Waals surface area contributed by atoms with Crippen LogP contribution in [-0.4, -0.2) is 72.8 Å². The lowest BCUT2D eigenvalue weighted by atomic mass is 9.92. The molecule has 0 bridgehead atoms. The van der Waals surface area contributed by atoms with Crippen LogP contribution in [-0.2, 0) is 9.53 Å². The average molecular weight is 440 g/mol. The van der Waals surface area contributed by atoms with E-state index >= 15 is 0 Å². The van der Waals surface area contributed by atoms with Crippen LogP contribution in [0.5, 0.6) is 5.75 Å². The van der Waals surface area contributed by atoms with E-state index < -0.39 is 5.82 Å². The maximum atomic E-state index is 13.2. The molecule has 3 saturated heterocycles. The van der Waals surface area contributed by atoms with Gasteiger partial charge >= 0.3 is 6.03 Å². The Morgan fingerprint density at radius 1 is 1.27 bits per heavy atom. The fraction of sp³-hybridized carbons (Fsp3) is 0.619. The topological polar surface area (TPSA) is 71.1 Å². The molecule has 7 nitrogen and oxygen atoms in total. The SMILES string of the molecule is CC(Oc1ccc(F)cc1Cl)C1CCN(C(=O)N2CC[C@@H]3OCC(=O)NC3C2)CC1. The summed E-state index contributed by atoms with van der Waals surface area (Å²) in [6.45, 7) is 4.52. The first-order chi connectivity index (χ1) is 14.4. The van der Waals surface area contributed by atoms with Crippen LogP contribution >= 0.6 is 11.6 Å². The number of ether oxygens (including phenoxy) is 2. The van der Waals surface area contributed by atoms with Gasteiger partial charge in [-0.25, -0.2) is 9.18 Å². The number of rotatable bonds is 3. The minimum Gasteiger partial charge on any atom is -0.489 e. The maximum Gasteiger partial charge on any atom is 0.320 e. The normalized spacial score (nSPS) is 26.0. The van der Waals surface area contributed by atoms with Crippen LogP contribution in [0.3, 0.4) is 0 Å². The smallest absolute Gasteiger partial charge is 0.320 e. The van der Waals surface area contributed by atoms with Gasteiger partial charge in [0.2, 0.25) is 5.91 Å². The molecule has 3 heterocycles. The van der Waals surface area contributed by atoms with E-state index in [1.165, 1.54) is 12.1 Å². The molecule has 3 fully saturated rings. The van der Waals surface area contributed by atoms with Crippen molar-refractivity contribution in [2.75, 3.05) is 32.8 Å². The fourth-order valence-corrected chi connectivity index (χ4v) is 4.71. The summed E-state index contributed by atoms with van der Waals surface area (Å²) in [4.78, 5) is 28.2. The molecule has 1 aromatic rings. The highest BCUT2D eigenvalue weighted by Crippen LogP contribution is 2.30. The third-order valence-electron chi connectivity index (χ3n) is 6.28. The molecule has 1 aromatic carbocycles. The molecule has 30 heavy (non-hydrogen) atoms. The fourth-order valence-electron chi connectivity index (χ4n) is 4.50. The van der Waals surface area contributed by atoms with Gasteiger partial charge in [0.1, 0.15) is 18.2 Å². The average Bonchev–Trinajstić information content (AvgIpc) is 2.74. The number of piperidine rings is 2. The van der Waals surface area contributed by atoms with Gasteiger partial charge < -0.3 is 24.6 Å². The van der Waals surface area contributed by atoms with Crippen molar-refractivity contribution in [1.82, 2.24) is 15.1 Å². The van der Waals surface area contributed by atoms with Crippen LogP contribution < -0.4 is 10.1 Å². The number of amides is 3. The minimum atomic E-state index is -0.393. The van der Waals surface area contributed by atoms with Crippen LogP contribution in [0.2, 0.25) is 5.02 Å². The Morgan fingerprint density at radius 3 is 2.73 bits per heavy atom. The molecule has 3 atom stereocenters. The number of fused-ring (bicyclic) bond motifs is 1. The molecule has 0 aliphatic carbocycles. The second-order valence-electron chi connectivity index (χ2n) is 8.26. The number of morpholine rings is 1. The van der Waals surface area contributed by atoms with Crippen molar-refractivity contribution in [2.45, 2.75) is 44.4 Å². The number of nitrogens with zero attached hydrogens (tertiary/aromatic N) is 2. The molecule has 1 N–H and O–H groups in total. The number of hydrogen-bond acceptors (Lipinski definition) is 4. The Balaban J connectivity index is 1.27. The Kier molecular flexibility index (Phi) is 6.34. The van der Waals surface area contributed by atoms with Gasteiger partial charge in [0.05, 0.1) is 23.3 Å². The highest BCUT2D eigenvalue weighted by atomic mass is 35.5. The van der Waals surface area contributed by atoms with E-state index in [1.807, 2.05) is 16.7 Å². The van der Waals surface area contributed by atoms with Gasteiger partial charge in [0.25, 0.3) is 0 Å². The number of benzene rings is 1. The number of urea groups is 1. The molecule has 164 valence electrons. The summed E-state index contributed by atoms with van der Waals surface area (Å²) in [6.07, 6.45) is 2.29. The lowest BCUT2D eigenvalue weighted by Crippen LogP contribution is -2.62. The summed E-state index contributed by atoms with van der Waals surface area (Å²) in [6, 6.07) is 4.01. The van der Waals surface area contributed by atoms with E-state index in [0.29, 0.717) is 31.9 Å². The Morgan fingerprint density at radius 2 is 2.00 bits per heavy atom. The second-order valence-corrected chi connectivity index (χ2v) is 8.67. The van der Waals surface area contributed by atoms with Gasteiger partial charge in [-0.1, -0.05) is 11.6 Å². The van der Waals surface area contributed by atoms with Crippen molar-refractivity contribution in [3.8, 4) is 5.75 Å². The lowest BCUT2D eigenvalue weighted by Gasteiger charge is -2.43. The van der Waals surface area contributed by atoms with Crippen molar-refractivity contribution in [1.29, 1.82) is 0 Å². The van der Waals surface area contributed by atoms with Crippen molar-refractivity contribution >= 4 is 23.5 Å². The Labute approximate surface area is 180 Å². The molecule has 0 radical (unpaired) electrons. The van der Waals surface area contributed by atoms with E-state index in [0.717, 1.165) is 19.3 Å². The predicted molar refractivity (Wildman–Crippen MR) is 109 cm³/mol. The molecule has 3 aliphatic heterocycles. The molecular formula is C21H27ClFN3O4. The maximum absolute atomic E-state index is 13.2. The largest absolute Gasteiger partial charge is 0.489 e. The second kappa shape index (κ2) is 8.98. The number of nitrogens with one attached hydrogen (secondary N) is 1. The molecule has 4 rings (SSSR count). The van der Waals surface area contributed by atoms with Crippen LogP contribution in [0.1, 0.15) is 26.2 Å². The van der Waals surface area contributed by atoms with Gasteiger partial charge in [-0.3, -0.25) is 4.79 Å². The van der Waals surface area contributed by atoms with Crippen LogP contribution in [0.4, 0.5) is 9.18 Å². The summed E-state index contributed by atoms with van der Waals surface area (Å²) in [7, 11) is 0. The van der Waals surface area contributed by atoms with Crippen molar-refractivity contribution in [3.05, 3.63) is 29.0 Å². The van der Waals surface area contributed by atoms with Crippen molar-refractivity contribution < 1.29 is 23.5 Å². The molecule has 0 spiro atoms. The van der Waals surface area contributed by atoms with E-state index in [-0.39, 0.29) is 47.7 Å². The lowest BCUT2D eigenvalue weighted by molar-refractivity contribution is -0.139. The third-order valence-corrected chi connectivity index (χ3v) is 6.57. The highest BCUT2D eigenvalue weighted by Gasteiger charge is 2.38. The van der Waals surface area contributed by atoms with Crippen LogP contribution in [0.25, 0.3) is 0 Å². The third kappa shape index (κ3) is 4.64. The molecule has 2 unspecified atom stereocenters. The summed E-state index contributed by atoms with van der Waals surface area (Å²) in [5, 5.41) is 3.19. The zero-order chi connectivity index (χ0) is 21.3. The molecular weight excluding hydrogens is 413 g/mol. The monoisotopic (exact) mass is 439 g/mol. The van der Waals surface area contributed by atoms with Crippen LogP contribution in [0, 0.1) is 11.7 Å². The standard InChI is InChI=1S/C21H27ClFN3O4/c1-13(30-18-3-2-15(23)10-16(18)22)14-4-7-25(8-5-14)21(28)26-9-6-19-17(11-26)24-20(27)12-29-19/h2-3,10,13-14,17,19H,4-9,11-12H2,1H3,(H,24,27)/t13?,17?,19-/m0/s1. The van der Waals surface area contributed by atoms with Gasteiger partial charge in [-0.15, -0.1) is 0 Å². The number of carbonyl (C=O) groups is 2. The van der Waals surface area contributed by atoms with Crippen molar-refractivity contribution in [3.63, 3.8) is 0 Å². The first kappa shape index (κ1) is 21.2. The molecule has 0 aromatic heterocycles. The highest BCUT2D eigenvalue weighted by molar-refractivity contribution is 6.32. The molecule has 9 heteroatoms. The number of halogens is 2. The van der Waals surface area contributed by atoms with E-state index in [2.05, 4.69) is 5.32 Å². The summed E-state index contributed by atoms with van der Waals surface area (Å²) < 4.78 is 24.7. The van der Waals surface area contributed by atoms with Gasteiger partial charge in [-0.2, -0.15) is 0 Å². The number of hydrogen-bond donors (Lipinski definition) is 1. The van der Waals surface area contributed by atoms with Gasteiger partial charge in [0.15, 0.2) is 0 Å². The molecule has 0 saturated carbocycles. The summed E-state index contributed by atoms with van der Waals surface area (Å²) in [5.74, 6) is 0.243. The minimum absolute atomic E-state index is 0.00577. The van der Waals surface area contributed by atoms with Gasteiger partial charge in [-0.05, 0) is 50.3 Å². The van der Waals surface area contributed by atoms with Crippen molar-refractivity contribution in [2.24, 2.45) is 5.92 Å². The summed E-state index contributed by atoms with van der Waals surface area (Å²) >= 11 is 6.06. The quantitative estimate of drug-likeness (QED) is 0.786. The Hall–Kier alpha value is -2.06. The van der Waals surface area contributed by atoms with Crippen LogP contribution in [0.15, 0.2) is 18.2 Å².